The van der Waals surface area contributed by atoms with Crippen molar-refractivity contribution in [2.75, 3.05) is 0 Å². The zero-order valence-corrected chi connectivity index (χ0v) is 7.29. The number of carbonyl (C=O) groups excluding carboxylic acids is 1. The van der Waals surface area contributed by atoms with E-state index >= 15 is 0 Å². The van der Waals surface area contributed by atoms with Gasteiger partial charge in [-0.2, -0.15) is 0 Å². The second kappa shape index (κ2) is 3.34. The summed E-state index contributed by atoms with van der Waals surface area (Å²) in [4.78, 5) is 14.9. The minimum atomic E-state index is -0.464. The van der Waals surface area contributed by atoms with Crippen LogP contribution in [0.4, 0.5) is 0 Å². The standard InChI is InChI=1S/C9H12N2O/c1-3-7-4-6(2)5-8(11-7)9(10)12/h4-5H,3H2,1-2H3,(H2,10,12). The van der Waals surface area contributed by atoms with Gasteiger partial charge in [0, 0.05) is 5.69 Å². The van der Waals surface area contributed by atoms with Crippen LogP contribution >= 0.6 is 0 Å². The molecule has 3 heteroatoms. The fourth-order valence-corrected chi connectivity index (χ4v) is 1.05. The van der Waals surface area contributed by atoms with E-state index in [1.54, 1.807) is 6.07 Å². The van der Waals surface area contributed by atoms with Crippen LogP contribution in [0.1, 0.15) is 28.7 Å². The molecule has 1 amide bonds. The Bertz CT molecular complexity index is 307. The van der Waals surface area contributed by atoms with E-state index in [-0.39, 0.29) is 0 Å². The molecular weight excluding hydrogens is 152 g/mol. The van der Waals surface area contributed by atoms with Crippen LogP contribution in [0.2, 0.25) is 0 Å². The number of aromatic nitrogens is 1. The molecule has 0 aliphatic heterocycles. The van der Waals surface area contributed by atoms with Crippen molar-refractivity contribution >= 4 is 5.91 Å². The van der Waals surface area contributed by atoms with Crippen LogP contribution in [0, 0.1) is 6.92 Å². The van der Waals surface area contributed by atoms with Crippen LogP contribution < -0.4 is 5.73 Å². The monoisotopic (exact) mass is 164 g/mol. The molecule has 1 rings (SSSR count). The molecule has 0 saturated heterocycles. The highest BCUT2D eigenvalue weighted by Gasteiger charge is 2.03. The molecule has 64 valence electrons. The van der Waals surface area contributed by atoms with Crippen molar-refractivity contribution < 1.29 is 4.79 Å². The lowest BCUT2D eigenvalue weighted by Gasteiger charge is -2.01. The molecule has 0 spiro atoms. The van der Waals surface area contributed by atoms with E-state index in [0.29, 0.717) is 5.69 Å². The summed E-state index contributed by atoms with van der Waals surface area (Å²) in [5.41, 5.74) is 7.39. The lowest BCUT2D eigenvalue weighted by Crippen LogP contribution is -2.14. The van der Waals surface area contributed by atoms with Crippen molar-refractivity contribution in [2.24, 2.45) is 5.73 Å². The van der Waals surface area contributed by atoms with Crippen molar-refractivity contribution in [1.82, 2.24) is 4.98 Å². The number of hydrogen-bond donors (Lipinski definition) is 1. The largest absolute Gasteiger partial charge is 0.364 e. The van der Waals surface area contributed by atoms with Gasteiger partial charge in [-0.05, 0) is 31.0 Å². The molecule has 0 fully saturated rings. The third-order valence-corrected chi connectivity index (χ3v) is 1.64. The van der Waals surface area contributed by atoms with Gasteiger partial charge in [-0.15, -0.1) is 0 Å². The number of primary amides is 1. The van der Waals surface area contributed by atoms with Crippen molar-refractivity contribution in [3.05, 3.63) is 29.1 Å². The molecule has 0 aliphatic carbocycles. The van der Waals surface area contributed by atoms with E-state index in [2.05, 4.69) is 4.98 Å². The minimum Gasteiger partial charge on any atom is -0.364 e. The van der Waals surface area contributed by atoms with Crippen molar-refractivity contribution in [1.29, 1.82) is 0 Å². The Morgan fingerprint density at radius 3 is 2.75 bits per heavy atom. The Kier molecular flexibility index (Phi) is 2.43. The zero-order valence-electron chi connectivity index (χ0n) is 7.29. The summed E-state index contributed by atoms with van der Waals surface area (Å²) in [6.45, 7) is 3.92. The zero-order chi connectivity index (χ0) is 9.14. The first-order valence-corrected chi connectivity index (χ1v) is 3.91. The number of pyridine rings is 1. The van der Waals surface area contributed by atoms with Gasteiger partial charge in [0.2, 0.25) is 0 Å². The molecule has 0 aromatic carbocycles. The molecule has 0 unspecified atom stereocenters. The second-order valence-corrected chi connectivity index (χ2v) is 2.74. The number of nitrogens with zero attached hydrogens (tertiary/aromatic N) is 1. The molecule has 2 N–H and O–H groups in total. The first kappa shape index (κ1) is 8.71. The lowest BCUT2D eigenvalue weighted by atomic mass is 10.2. The summed E-state index contributed by atoms with van der Waals surface area (Å²) in [5, 5.41) is 0. The third-order valence-electron chi connectivity index (χ3n) is 1.64. The van der Waals surface area contributed by atoms with E-state index in [1.165, 1.54) is 0 Å². The molecular formula is C9H12N2O. The first-order chi connectivity index (χ1) is 5.63. The van der Waals surface area contributed by atoms with Gasteiger partial charge in [0.05, 0.1) is 0 Å². The highest BCUT2D eigenvalue weighted by atomic mass is 16.1. The predicted octanol–water partition coefficient (Wildman–Crippen LogP) is 1.05. The highest BCUT2D eigenvalue weighted by Crippen LogP contribution is 2.04. The maximum absolute atomic E-state index is 10.8. The lowest BCUT2D eigenvalue weighted by molar-refractivity contribution is 0.0995. The summed E-state index contributed by atoms with van der Waals surface area (Å²) in [6, 6.07) is 3.65. The summed E-state index contributed by atoms with van der Waals surface area (Å²) < 4.78 is 0. The van der Waals surface area contributed by atoms with Gasteiger partial charge in [0.25, 0.3) is 5.91 Å². The highest BCUT2D eigenvalue weighted by molar-refractivity contribution is 5.90. The summed E-state index contributed by atoms with van der Waals surface area (Å²) in [6.07, 6.45) is 0.821. The van der Waals surface area contributed by atoms with Crippen molar-refractivity contribution in [3.63, 3.8) is 0 Å². The van der Waals surface area contributed by atoms with Gasteiger partial charge < -0.3 is 5.73 Å². The maximum atomic E-state index is 10.8. The number of amides is 1. The van der Waals surface area contributed by atoms with E-state index in [1.807, 2.05) is 19.9 Å². The molecule has 0 atom stereocenters. The Balaban J connectivity index is 3.15. The summed E-state index contributed by atoms with van der Waals surface area (Å²) >= 11 is 0. The Hall–Kier alpha value is -1.38. The molecule has 1 heterocycles. The van der Waals surface area contributed by atoms with Gasteiger partial charge in [0.1, 0.15) is 5.69 Å². The van der Waals surface area contributed by atoms with E-state index in [0.717, 1.165) is 17.7 Å². The first-order valence-electron chi connectivity index (χ1n) is 3.91. The van der Waals surface area contributed by atoms with E-state index in [4.69, 9.17) is 5.73 Å². The fraction of sp³-hybridized carbons (Fsp3) is 0.333. The van der Waals surface area contributed by atoms with Gasteiger partial charge in [-0.25, -0.2) is 4.98 Å². The fourth-order valence-electron chi connectivity index (χ4n) is 1.05. The average Bonchev–Trinajstić information content (AvgIpc) is 2.03. The van der Waals surface area contributed by atoms with Crippen LogP contribution in [0.15, 0.2) is 12.1 Å². The SMILES string of the molecule is CCc1cc(C)cc(C(N)=O)n1. The number of hydrogen-bond acceptors (Lipinski definition) is 2. The Morgan fingerprint density at radius 1 is 1.58 bits per heavy atom. The Labute approximate surface area is 71.6 Å². The van der Waals surface area contributed by atoms with E-state index < -0.39 is 5.91 Å². The number of rotatable bonds is 2. The normalized spacial score (nSPS) is 9.83. The molecule has 0 bridgehead atoms. The van der Waals surface area contributed by atoms with Gasteiger partial charge >= 0.3 is 0 Å². The number of nitrogens with two attached hydrogens (primary N) is 1. The Morgan fingerprint density at radius 2 is 2.25 bits per heavy atom. The molecule has 0 radical (unpaired) electrons. The average molecular weight is 164 g/mol. The van der Waals surface area contributed by atoms with Crippen LogP contribution in [0.5, 0.6) is 0 Å². The van der Waals surface area contributed by atoms with Crippen LogP contribution in [0.25, 0.3) is 0 Å². The van der Waals surface area contributed by atoms with Crippen molar-refractivity contribution in [3.8, 4) is 0 Å². The molecule has 1 aromatic rings. The summed E-state index contributed by atoms with van der Waals surface area (Å²) in [7, 11) is 0. The second-order valence-electron chi connectivity index (χ2n) is 2.74. The molecule has 12 heavy (non-hydrogen) atoms. The molecule has 0 saturated carbocycles. The smallest absolute Gasteiger partial charge is 0.267 e. The quantitative estimate of drug-likeness (QED) is 0.710. The van der Waals surface area contributed by atoms with E-state index in [9.17, 15) is 4.79 Å². The summed E-state index contributed by atoms with van der Waals surface area (Å²) in [5.74, 6) is -0.464. The van der Waals surface area contributed by atoms with Crippen molar-refractivity contribution in [2.45, 2.75) is 20.3 Å². The van der Waals surface area contributed by atoms with Crippen LogP contribution in [-0.2, 0) is 6.42 Å². The third kappa shape index (κ3) is 1.81. The predicted molar refractivity (Wildman–Crippen MR) is 46.9 cm³/mol. The van der Waals surface area contributed by atoms with Gasteiger partial charge in [-0.1, -0.05) is 6.92 Å². The minimum absolute atomic E-state index is 0.354. The number of carbonyl (C=O) groups is 1. The van der Waals surface area contributed by atoms with Crippen LogP contribution in [-0.4, -0.2) is 10.9 Å². The van der Waals surface area contributed by atoms with Crippen LogP contribution in [0.3, 0.4) is 0 Å². The molecule has 1 aromatic heterocycles. The van der Waals surface area contributed by atoms with Gasteiger partial charge in [-0.3, -0.25) is 4.79 Å². The topological polar surface area (TPSA) is 56.0 Å². The molecule has 0 aliphatic rings. The molecule has 3 nitrogen and oxygen atoms in total. The van der Waals surface area contributed by atoms with Gasteiger partial charge in [0.15, 0.2) is 0 Å². The maximum Gasteiger partial charge on any atom is 0.267 e. The number of aryl methyl sites for hydroxylation is 2.